The highest BCUT2D eigenvalue weighted by atomic mass is 127. The van der Waals surface area contributed by atoms with Gasteiger partial charge in [0.2, 0.25) is 0 Å². The molecule has 26 heavy (non-hydrogen) atoms. The van der Waals surface area contributed by atoms with Crippen LogP contribution in [0.4, 0.5) is 39.5 Å². The molecule has 0 aliphatic heterocycles. The van der Waals surface area contributed by atoms with Gasteiger partial charge in [-0.1, -0.05) is 60.7 Å². The standard InChI is InChI=1S/C12H10.C4HF9.HI/c1-3-7-11(8-4-1)12-9-5-2-6-10-12;5-1(6)2(7,8)3(9,10)4(11,12)13;/h1-10H;1H;1H. The van der Waals surface area contributed by atoms with E-state index >= 15 is 0 Å². The van der Waals surface area contributed by atoms with Crippen LogP contribution in [0.2, 0.25) is 0 Å². The van der Waals surface area contributed by atoms with Crippen molar-refractivity contribution in [3.05, 3.63) is 60.7 Å². The first kappa shape index (κ1) is 24.5. The molecular weight excluding hydrogens is 490 g/mol. The minimum Gasteiger partial charge on any atom is -0.203 e. The predicted molar refractivity (Wildman–Crippen MR) is 89.2 cm³/mol. The molecule has 0 saturated heterocycles. The third kappa shape index (κ3) is 5.78. The number of rotatable bonds is 3. The predicted octanol–water partition coefficient (Wildman–Crippen LogP) is 7.06. The van der Waals surface area contributed by atoms with E-state index in [-0.39, 0.29) is 24.0 Å². The van der Waals surface area contributed by atoms with Crippen molar-refractivity contribution in [2.45, 2.75) is 24.4 Å². The zero-order valence-corrected chi connectivity index (χ0v) is 15.0. The maximum atomic E-state index is 11.6. The van der Waals surface area contributed by atoms with Crippen molar-refractivity contribution in [3.63, 3.8) is 0 Å². The van der Waals surface area contributed by atoms with Gasteiger partial charge in [0.05, 0.1) is 0 Å². The van der Waals surface area contributed by atoms with Crippen molar-refractivity contribution >= 4 is 24.0 Å². The van der Waals surface area contributed by atoms with Gasteiger partial charge in [0, 0.05) is 0 Å². The van der Waals surface area contributed by atoms with Crippen LogP contribution in [0.15, 0.2) is 60.7 Å². The molecule has 0 unspecified atom stereocenters. The number of hydrogen-bond donors (Lipinski definition) is 0. The van der Waals surface area contributed by atoms with Gasteiger partial charge >= 0.3 is 24.4 Å². The second-order valence-electron chi connectivity index (χ2n) is 4.73. The molecule has 2 aromatic carbocycles. The summed E-state index contributed by atoms with van der Waals surface area (Å²) in [6.07, 6.45) is -11.8. The lowest BCUT2D eigenvalue weighted by Crippen LogP contribution is -2.55. The first-order valence-electron chi connectivity index (χ1n) is 6.62. The summed E-state index contributed by atoms with van der Waals surface area (Å²) in [5, 5.41) is 0. The molecule has 2 aromatic rings. The molecule has 0 atom stereocenters. The molecule has 0 spiro atoms. The average Bonchev–Trinajstić information content (AvgIpc) is 2.56. The summed E-state index contributed by atoms with van der Waals surface area (Å²) in [7, 11) is 0. The van der Waals surface area contributed by atoms with E-state index in [0.717, 1.165) is 0 Å². The topological polar surface area (TPSA) is 0 Å². The van der Waals surface area contributed by atoms with E-state index < -0.39 is 24.4 Å². The van der Waals surface area contributed by atoms with Crippen LogP contribution < -0.4 is 0 Å². The van der Waals surface area contributed by atoms with Crippen LogP contribution in [-0.4, -0.2) is 24.4 Å². The van der Waals surface area contributed by atoms with Crippen molar-refractivity contribution in [3.8, 4) is 11.1 Å². The first-order chi connectivity index (χ1) is 11.4. The Morgan fingerprint density at radius 1 is 0.577 bits per heavy atom. The van der Waals surface area contributed by atoms with Gasteiger partial charge in [-0.15, -0.1) is 24.0 Å². The lowest BCUT2D eigenvalue weighted by molar-refractivity contribution is -0.375. The Bertz CT molecular complexity index is 602. The van der Waals surface area contributed by atoms with Gasteiger partial charge in [-0.3, -0.25) is 0 Å². The summed E-state index contributed by atoms with van der Waals surface area (Å²) >= 11 is 0. The summed E-state index contributed by atoms with van der Waals surface area (Å²) < 4.78 is 102. The maximum absolute atomic E-state index is 11.6. The van der Waals surface area contributed by atoms with Gasteiger partial charge in [-0.2, -0.15) is 30.7 Å². The molecule has 2 rings (SSSR count). The number of hydrogen-bond acceptors (Lipinski definition) is 0. The minimum absolute atomic E-state index is 0. The van der Waals surface area contributed by atoms with Crippen molar-refractivity contribution in [1.82, 2.24) is 0 Å². The van der Waals surface area contributed by atoms with Crippen molar-refractivity contribution in [2.24, 2.45) is 0 Å². The molecule has 0 saturated carbocycles. The van der Waals surface area contributed by atoms with Gasteiger partial charge in [0.1, 0.15) is 0 Å². The SMILES string of the molecule is FC(F)C(F)(F)C(F)(F)C(F)(F)F.I.c1ccc(-c2ccccc2)cc1. The van der Waals surface area contributed by atoms with Crippen molar-refractivity contribution < 1.29 is 39.5 Å². The molecule has 10 heteroatoms. The Kier molecular flexibility index (Phi) is 8.94. The lowest BCUT2D eigenvalue weighted by atomic mass is 10.1. The highest BCUT2D eigenvalue weighted by molar-refractivity contribution is 14.0. The second-order valence-corrected chi connectivity index (χ2v) is 4.73. The fourth-order valence-corrected chi connectivity index (χ4v) is 1.59. The number of halogens is 10. The smallest absolute Gasteiger partial charge is 0.203 e. The monoisotopic (exact) mass is 502 g/mol. The first-order valence-corrected chi connectivity index (χ1v) is 6.62. The third-order valence-corrected chi connectivity index (χ3v) is 2.93. The summed E-state index contributed by atoms with van der Waals surface area (Å²) in [6, 6.07) is 20.8. The summed E-state index contributed by atoms with van der Waals surface area (Å²) in [5.41, 5.74) is 2.55. The fourth-order valence-electron chi connectivity index (χ4n) is 1.59. The van der Waals surface area contributed by atoms with E-state index in [0.29, 0.717) is 0 Å². The number of benzene rings is 2. The van der Waals surface area contributed by atoms with Crippen LogP contribution >= 0.6 is 24.0 Å². The van der Waals surface area contributed by atoms with Gasteiger partial charge in [0.15, 0.2) is 0 Å². The Balaban J connectivity index is 0.000000463. The third-order valence-electron chi connectivity index (χ3n) is 2.93. The van der Waals surface area contributed by atoms with Crippen LogP contribution in [0.3, 0.4) is 0 Å². The van der Waals surface area contributed by atoms with Crippen molar-refractivity contribution in [2.75, 3.05) is 0 Å². The minimum atomic E-state index is -6.73. The van der Waals surface area contributed by atoms with Crippen LogP contribution in [-0.2, 0) is 0 Å². The summed E-state index contributed by atoms with van der Waals surface area (Å²) in [4.78, 5) is 0. The van der Waals surface area contributed by atoms with E-state index in [1.54, 1.807) is 0 Å². The molecule has 0 amide bonds. The molecule has 0 N–H and O–H groups in total. The van der Waals surface area contributed by atoms with Crippen LogP contribution in [0.1, 0.15) is 0 Å². The Morgan fingerprint density at radius 3 is 1.08 bits per heavy atom. The fraction of sp³-hybridized carbons (Fsp3) is 0.250. The normalized spacial score (nSPS) is 12.1. The molecule has 0 heterocycles. The molecule has 0 aliphatic carbocycles. The highest BCUT2D eigenvalue weighted by Gasteiger charge is 2.76. The van der Waals surface area contributed by atoms with E-state index in [4.69, 9.17) is 0 Å². The quantitative estimate of drug-likeness (QED) is 0.312. The zero-order valence-electron chi connectivity index (χ0n) is 12.7. The lowest BCUT2D eigenvalue weighted by Gasteiger charge is -2.27. The van der Waals surface area contributed by atoms with E-state index in [1.165, 1.54) is 11.1 Å². The molecule has 0 fully saturated rings. The molecule has 0 nitrogen and oxygen atoms in total. The Labute approximate surface area is 160 Å². The Hall–Kier alpha value is -1.46. The van der Waals surface area contributed by atoms with E-state index in [1.807, 2.05) is 12.1 Å². The van der Waals surface area contributed by atoms with Crippen molar-refractivity contribution in [1.29, 1.82) is 0 Å². The molecule has 0 radical (unpaired) electrons. The summed E-state index contributed by atoms with van der Waals surface area (Å²) in [6.45, 7) is 0. The van der Waals surface area contributed by atoms with Crippen LogP contribution in [0.5, 0.6) is 0 Å². The zero-order chi connectivity index (χ0) is 19.3. The van der Waals surface area contributed by atoms with Gasteiger partial charge in [-0.05, 0) is 11.1 Å². The van der Waals surface area contributed by atoms with Crippen LogP contribution in [0, 0.1) is 0 Å². The maximum Gasteiger partial charge on any atom is 0.460 e. The summed E-state index contributed by atoms with van der Waals surface area (Å²) in [5.74, 6) is -13.1. The van der Waals surface area contributed by atoms with E-state index in [2.05, 4.69) is 48.5 Å². The van der Waals surface area contributed by atoms with E-state index in [9.17, 15) is 39.5 Å². The Morgan fingerprint density at radius 2 is 0.885 bits per heavy atom. The highest BCUT2D eigenvalue weighted by Crippen LogP contribution is 2.48. The second kappa shape index (κ2) is 9.47. The van der Waals surface area contributed by atoms with Crippen LogP contribution in [0.25, 0.3) is 11.1 Å². The average molecular weight is 502 g/mol. The van der Waals surface area contributed by atoms with Gasteiger partial charge < -0.3 is 0 Å². The van der Waals surface area contributed by atoms with Gasteiger partial charge in [-0.25, -0.2) is 8.78 Å². The molecule has 0 aliphatic rings. The molecule has 146 valence electrons. The molecule has 0 bridgehead atoms. The largest absolute Gasteiger partial charge is 0.460 e. The molecule has 0 aromatic heterocycles. The van der Waals surface area contributed by atoms with Gasteiger partial charge in [0.25, 0.3) is 0 Å². The number of alkyl halides is 9. The molecular formula is C16H12F9I.